The van der Waals surface area contributed by atoms with Gasteiger partial charge in [-0.3, -0.25) is 9.59 Å². The lowest BCUT2D eigenvalue weighted by atomic mass is 9.90. The maximum atomic E-state index is 12.8. The standard InChI is InChI=1S/C23H32F3NO5/c1-4-31-20(29)9-7-5-6-8-14-27-16(15-22(2,3)21(27)30)10-11-17(28)18-12-13-19(32-18)23(24,25)26/h10-13,16-17,28H,4-9,14-15H2,1-3H3/b11-10+/t16-,17?/m0/s1. The normalized spacial score (nSPS) is 19.7. The number of aliphatic hydroxyl groups is 1. The lowest BCUT2D eigenvalue weighted by Crippen LogP contribution is -2.35. The Morgan fingerprint density at radius 2 is 2.00 bits per heavy atom. The SMILES string of the molecule is CCOC(=O)CCCCCCN1C(=O)C(C)(C)C[C@@H]1/C=C/C(O)c1ccc(C(F)(F)F)o1. The maximum absolute atomic E-state index is 12.8. The highest BCUT2D eigenvalue weighted by molar-refractivity contribution is 5.85. The molecule has 1 N–H and O–H groups in total. The van der Waals surface area contributed by atoms with Gasteiger partial charge in [-0.05, 0) is 38.3 Å². The van der Waals surface area contributed by atoms with E-state index in [4.69, 9.17) is 9.15 Å². The van der Waals surface area contributed by atoms with Crippen LogP contribution in [0.1, 0.15) is 76.9 Å². The number of halogens is 3. The van der Waals surface area contributed by atoms with Crippen LogP contribution in [0.5, 0.6) is 0 Å². The minimum atomic E-state index is -4.61. The Bertz CT molecular complexity index is 800. The molecule has 0 radical (unpaired) electrons. The third-order valence-electron chi connectivity index (χ3n) is 5.51. The van der Waals surface area contributed by atoms with Gasteiger partial charge in [0, 0.05) is 18.4 Å². The van der Waals surface area contributed by atoms with Crippen molar-refractivity contribution in [3.8, 4) is 0 Å². The predicted octanol–water partition coefficient (Wildman–Crippen LogP) is 5.03. The molecule has 1 aromatic rings. The zero-order valence-corrected chi connectivity index (χ0v) is 18.8. The van der Waals surface area contributed by atoms with Gasteiger partial charge in [0.15, 0.2) is 0 Å². The van der Waals surface area contributed by atoms with E-state index >= 15 is 0 Å². The van der Waals surface area contributed by atoms with Crippen LogP contribution in [0.4, 0.5) is 13.2 Å². The van der Waals surface area contributed by atoms with Crippen molar-refractivity contribution in [2.75, 3.05) is 13.2 Å². The van der Waals surface area contributed by atoms with Gasteiger partial charge in [0.05, 0.1) is 12.6 Å². The number of furan rings is 1. The maximum Gasteiger partial charge on any atom is 0.449 e. The number of aliphatic hydroxyl groups excluding tert-OH is 1. The van der Waals surface area contributed by atoms with Crippen LogP contribution < -0.4 is 0 Å². The molecule has 1 aromatic heterocycles. The second-order valence-corrected chi connectivity index (χ2v) is 8.65. The number of carbonyl (C=O) groups is 2. The smallest absolute Gasteiger partial charge is 0.449 e. The van der Waals surface area contributed by atoms with Crippen LogP contribution in [0, 0.1) is 5.41 Å². The highest BCUT2D eigenvalue weighted by Crippen LogP contribution is 2.37. The molecule has 1 amide bonds. The van der Waals surface area contributed by atoms with Gasteiger partial charge in [0.2, 0.25) is 11.7 Å². The Balaban J connectivity index is 1.90. The molecule has 2 heterocycles. The molecule has 1 fully saturated rings. The summed E-state index contributed by atoms with van der Waals surface area (Å²) in [5.74, 6) is -1.57. The highest BCUT2D eigenvalue weighted by Gasteiger charge is 2.43. The van der Waals surface area contributed by atoms with Crippen molar-refractivity contribution in [1.82, 2.24) is 4.90 Å². The Morgan fingerprint density at radius 3 is 2.62 bits per heavy atom. The van der Waals surface area contributed by atoms with Crippen LogP contribution in [0.25, 0.3) is 0 Å². The van der Waals surface area contributed by atoms with Crippen molar-refractivity contribution in [3.63, 3.8) is 0 Å². The fourth-order valence-corrected chi connectivity index (χ4v) is 3.83. The van der Waals surface area contributed by atoms with Gasteiger partial charge in [-0.15, -0.1) is 0 Å². The number of ether oxygens (including phenoxy) is 1. The first-order valence-electron chi connectivity index (χ1n) is 11.0. The van der Waals surface area contributed by atoms with E-state index in [2.05, 4.69) is 0 Å². The highest BCUT2D eigenvalue weighted by atomic mass is 19.4. The van der Waals surface area contributed by atoms with Crippen molar-refractivity contribution in [2.45, 2.75) is 77.6 Å². The van der Waals surface area contributed by atoms with Gasteiger partial charge in [0.25, 0.3) is 0 Å². The van der Waals surface area contributed by atoms with Crippen LogP contribution in [0.2, 0.25) is 0 Å². The van der Waals surface area contributed by atoms with Gasteiger partial charge < -0.3 is 19.2 Å². The molecule has 2 atom stereocenters. The molecule has 180 valence electrons. The zero-order chi connectivity index (χ0) is 23.9. The summed E-state index contributed by atoms with van der Waals surface area (Å²) < 4.78 is 47.7. The molecule has 0 bridgehead atoms. The first-order valence-corrected chi connectivity index (χ1v) is 11.0. The van der Waals surface area contributed by atoms with E-state index in [0.717, 1.165) is 37.8 Å². The Labute approximate surface area is 186 Å². The van der Waals surface area contributed by atoms with Crippen LogP contribution in [-0.4, -0.2) is 41.1 Å². The number of hydrogen-bond acceptors (Lipinski definition) is 5. The lowest BCUT2D eigenvalue weighted by Gasteiger charge is -2.23. The van der Waals surface area contributed by atoms with E-state index in [9.17, 15) is 27.9 Å². The second kappa shape index (κ2) is 11.0. The summed E-state index contributed by atoms with van der Waals surface area (Å²) >= 11 is 0. The van der Waals surface area contributed by atoms with Gasteiger partial charge in [-0.2, -0.15) is 13.2 Å². The lowest BCUT2D eigenvalue weighted by molar-refractivity contribution is -0.153. The summed E-state index contributed by atoms with van der Waals surface area (Å²) in [4.78, 5) is 25.9. The largest absolute Gasteiger partial charge is 0.466 e. The second-order valence-electron chi connectivity index (χ2n) is 8.65. The summed E-state index contributed by atoms with van der Waals surface area (Å²) in [5.41, 5.74) is -0.558. The number of nitrogens with zero attached hydrogens (tertiary/aromatic N) is 1. The van der Waals surface area contributed by atoms with E-state index in [-0.39, 0.29) is 23.7 Å². The number of hydrogen-bond donors (Lipinski definition) is 1. The van der Waals surface area contributed by atoms with Crippen LogP contribution >= 0.6 is 0 Å². The Hall–Kier alpha value is -2.29. The third-order valence-corrected chi connectivity index (χ3v) is 5.51. The fraction of sp³-hybridized carbons (Fsp3) is 0.652. The number of likely N-dealkylation sites (tertiary alicyclic amines) is 1. The fourth-order valence-electron chi connectivity index (χ4n) is 3.83. The zero-order valence-electron chi connectivity index (χ0n) is 18.8. The molecule has 1 unspecified atom stereocenters. The van der Waals surface area contributed by atoms with E-state index in [1.807, 2.05) is 13.8 Å². The molecule has 1 aliphatic heterocycles. The first-order chi connectivity index (χ1) is 15.0. The average Bonchev–Trinajstić information content (AvgIpc) is 3.28. The molecule has 0 aliphatic carbocycles. The van der Waals surface area contributed by atoms with Crippen LogP contribution in [-0.2, 0) is 20.5 Å². The van der Waals surface area contributed by atoms with Crippen molar-refractivity contribution in [1.29, 1.82) is 0 Å². The predicted molar refractivity (Wildman–Crippen MR) is 111 cm³/mol. The molecular weight excluding hydrogens is 427 g/mol. The summed E-state index contributed by atoms with van der Waals surface area (Å²) in [5, 5.41) is 10.2. The number of unbranched alkanes of at least 4 members (excludes halogenated alkanes) is 3. The molecule has 0 saturated carbocycles. The van der Waals surface area contributed by atoms with E-state index < -0.39 is 23.5 Å². The number of carbonyl (C=O) groups excluding carboxylic acids is 2. The number of alkyl halides is 3. The molecule has 1 saturated heterocycles. The van der Waals surface area contributed by atoms with Crippen LogP contribution in [0.3, 0.4) is 0 Å². The molecule has 32 heavy (non-hydrogen) atoms. The van der Waals surface area contributed by atoms with Gasteiger partial charge in [-0.25, -0.2) is 0 Å². The van der Waals surface area contributed by atoms with Gasteiger partial charge in [0.1, 0.15) is 11.9 Å². The summed E-state index contributed by atoms with van der Waals surface area (Å²) in [7, 11) is 0. The van der Waals surface area contributed by atoms with E-state index in [1.54, 1.807) is 17.9 Å². The van der Waals surface area contributed by atoms with E-state index in [0.29, 0.717) is 26.0 Å². The quantitative estimate of drug-likeness (QED) is 0.285. The molecular formula is C23H32F3NO5. The number of rotatable bonds is 11. The van der Waals surface area contributed by atoms with Crippen molar-refractivity contribution < 1.29 is 37.0 Å². The molecule has 2 rings (SSSR count). The number of amides is 1. The summed E-state index contributed by atoms with van der Waals surface area (Å²) in [6, 6.07) is 1.61. The minimum Gasteiger partial charge on any atom is -0.466 e. The Morgan fingerprint density at radius 1 is 1.31 bits per heavy atom. The molecule has 0 spiro atoms. The van der Waals surface area contributed by atoms with Crippen molar-refractivity contribution in [3.05, 3.63) is 35.8 Å². The van der Waals surface area contributed by atoms with Crippen molar-refractivity contribution in [2.24, 2.45) is 5.41 Å². The first kappa shape index (κ1) is 26.0. The topological polar surface area (TPSA) is 80.0 Å². The molecule has 9 heteroatoms. The minimum absolute atomic E-state index is 0.00511. The van der Waals surface area contributed by atoms with E-state index in [1.165, 1.54) is 6.08 Å². The van der Waals surface area contributed by atoms with Crippen LogP contribution in [0.15, 0.2) is 28.7 Å². The van der Waals surface area contributed by atoms with Gasteiger partial charge >= 0.3 is 12.1 Å². The average molecular weight is 460 g/mol. The monoisotopic (exact) mass is 459 g/mol. The van der Waals surface area contributed by atoms with Gasteiger partial charge in [-0.1, -0.05) is 38.8 Å². The number of esters is 1. The van der Waals surface area contributed by atoms with Crippen molar-refractivity contribution >= 4 is 11.9 Å². The summed E-state index contributed by atoms with van der Waals surface area (Å²) in [6.07, 6.45) is 1.21. The molecule has 0 aromatic carbocycles. The Kier molecular flexibility index (Phi) is 8.95. The third kappa shape index (κ3) is 7.12. The molecule has 1 aliphatic rings. The summed E-state index contributed by atoms with van der Waals surface area (Å²) in [6.45, 7) is 6.39. The molecule has 6 nitrogen and oxygen atoms in total.